The Kier molecular flexibility index (Phi) is 6.15. The summed E-state index contributed by atoms with van der Waals surface area (Å²) in [6.45, 7) is 3.19. The molecule has 1 aliphatic rings. The summed E-state index contributed by atoms with van der Waals surface area (Å²) in [7, 11) is 0. The topological polar surface area (TPSA) is 28.2 Å². The zero-order valence-electron chi connectivity index (χ0n) is 12.0. The van der Waals surface area contributed by atoms with E-state index in [0.717, 1.165) is 19.6 Å². The highest BCUT2D eigenvalue weighted by atomic mass is 35.5. The molecule has 0 aliphatic carbocycles. The van der Waals surface area contributed by atoms with Gasteiger partial charge in [0.05, 0.1) is 5.02 Å². The average molecular weight is 342 g/mol. The van der Waals surface area contributed by atoms with Gasteiger partial charge in [-0.2, -0.15) is 0 Å². The number of nitrogens with zero attached hydrogens (tertiary/aromatic N) is 2. The van der Waals surface area contributed by atoms with Gasteiger partial charge in [-0.3, -0.25) is 9.88 Å². The van der Waals surface area contributed by atoms with Crippen molar-refractivity contribution in [1.29, 1.82) is 0 Å². The van der Waals surface area contributed by atoms with Crippen LogP contribution in [-0.4, -0.2) is 29.5 Å². The molecule has 2 heterocycles. The van der Waals surface area contributed by atoms with Crippen molar-refractivity contribution in [2.45, 2.75) is 12.6 Å². The van der Waals surface area contributed by atoms with Crippen LogP contribution < -0.4 is 5.32 Å². The molecule has 1 aromatic carbocycles. The molecule has 1 unspecified atom stereocenters. The van der Waals surface area contributed by atoms with Crippen molar-refractivity contribution >= 4 is 24.0 Å². The van der Waals surface area contributed by atoms with Gasteiger partial charge in [-0.1, -0.05) is 23.7 Å². The number of pyridine rings is 1. The van der Waals surface area contributed by atoms with Crippen LogP contribution in [0, 0.1) is 5.82 Å². The largest absolute Gasteiger partial charge is 0.314 e. The molecule has 1 saturated heterocycles. The van der Waals surface area contributed by atoms with E-state index in [1.54, 1.807) is 30.6 Å². The summed E-state index contributed by atoms with van der Waals surface area (Å²) >= 11 is 5.87. The lowest BCUT2D eigenvalue weighted by molar-refractivity contribution is 0.152. The van der Waals surface area contributed by atoms with Crippen LogP contribution in [-0.2, 0) is 6.54 Å². The van der Waals surface area contributed by atoms with Gasteiger partial charge in [0.2, 0.25) is 0 Å². The average Bonchev–Trinajstić information content (AvgIpc) is 2.53. The Morgan fingerprint density at radius 2 is 2.05 bits per heavy atom. The first-order valence-electron chi connectivity index (χ1n) is 7.03. The molecule has 1 atom stereocenters. The summed E-state index contributed by atoms with van der Waals surface area (Å²) in [4.78, 5) is 6.34. The van der Waals surface area contributed by atoms with Crippen LogP contribution in [0.1, 0.15) is 17.2 Å². The lowest BCUT2D eigenvalue weighted by Gasteiger charge is -2.36. The molecule has 0 saturated carbocycles. The molecule has 0 bridgehead atoms. The third-order valence-electron chi connectivity index (χ3n) is 3.85. The van der Waals surface area contributed by atoms with Crippen LogP contribution >= 0.6 is 24.0 Å². The van der Waals surface area contributed by atoms with E-state index in [1.165, 1.54) is 5.56 Å². The Balaban J connectivity index is 0.00000176. The molecule has 0 radical (unpaired) electrons. The van der Waals surface area contributed by atoms with Crippen molar-refractivity contribution in [3.05, 3.63) is 64.7 Å². The minimum absolute atomic E-state index is 0. The van der Waals surface area contributed by atoms with Gasteiger partial charge in [0.15, 0.2) is 0 Å². The van der Waals surface area contributed by atoms with Gasteiger partial charge in [0.1, 0.15) is 5.82 Å². The maximum atomic E-state index is 14.1. The molecule has 2 aromatic rings. The van der Waals surface area contributed by atoms with Crippen LogP contribution in [0.3, 0.4) is 0 Å². The number of piperazine rings is 1. The summed E-state index contributed by atoms with van der Waals surface area (Å²) in [5.41, 5.74) is 1.84. The van der Waals surface area contributed by atoms with Gasteiger partial charge in [0.25, 0.3) is 0 Å². The molecule has 1 N–H and O–H groups in total. The summed E-state index contributed by atoms with van der Waals surface area (Å²) in [6.07, 6.45) is 3.59. The first kappa shape index (κ1) is 17.2. The first-order chi connectivity index (χ1) is 10.3. The fraction of sp³-hybridized carbons (Fsp3) is 0.312. The van der Waals surface area contributed by atoms with Crippen LogP contribution in [0.4, 0.5) is 4.39 Å². The maximum absolute atomic E-state index is 14.1. The quantitative estimate of drug-likeness (QED) is 0.926. The van der Waals surface area contributed by atoms with Crippen molar-refractivity contribution in [2.24, 2.45) is 0 Å². The Bertz CT molecular complexity index is 610. The van der Waals surface area contributed by atoms with E-state index in [9.17, 15) is 4.39 Å². The number of halogens is 3. The monoisotopic (exact) mass is 341 g/mol. The minimum Gasteiger partial charge on any atom is -0.314 e. The minimum atomic E-state index is -0.314. The van der Waals surface area contributed by atoms with Gasteiger partial charge in [-0.15, -0.1) is 12.4 Å². The molecule has 1 aliphatic heterocycles. The Labute approximate surface area is 140 Å². The predicted molar refractivity (Wildman–Crippen MR) is 88.9 cm³/mol. The van der Waals surface area contributed by atoms with E-state index in [2.05, 4.69) is 15.2 Å². The molecular weight excluding hydrogens is 324 g/mol. The summed E-state index contributed by atoms with van der Waals surface area (Å²) in [6, 6.07) is 9.42. The number of benzene rings is 1. The van der Waals surface area contributed by atoms with Gasteiger partial charge in [-0.05, 0) is 23.8 Å². The van der Waals surface area contributed by atoms with Gasteiger partial charge in [0, 0.05) is 50.2 Å². The standard InChI is InChI=1S/C16H17ClFN3.ClH/c17-14-3-1-2-13(16(14)18)11-21-9-8-20-10-15(21)12-4-6-19-7-5-12;/h1-7,15,20H,8-11H2;1H. The second-order valence-corrected chi connectivity index (χ2v) is 5.59. The number of nitrogens with one attached hydrogen (secondary N) is 1. The van der Waals surface area contributed by atoms with Crippen LogP contribution in [0.2, 0.25) is 5.02 Å². The van der Waals surface area contributed by atoms with Crippen molar-refractivity contribution in [2.75, 3.05) is 19.6 Å². The third-order valence-corrected chi connectivity index (χ3v) is 4.14. The second-order valence-electron chi connectivity index (χ2n) is 5.18. The smallest absolute Gasteiger partial charge is 0.146 e. The normalized spacial score (nSPS) is 18.7. The van der Waals surface area contributed by atoms with E-state index < -0.39 is 0 Å². The predicted octanol–water partition coefficient (Wildman–Crippen LogP) is 3.44. The molecule has 1 aromatic heterocycles. The third kappa shape index (κ3) is 3.76. The lowest BCUT2D eigenvalue weighted by atomic mass is 10.0. The van der Waals surface area contributed by atoms with E-state index in [0.29, 0.717) is 12.1 Å². The Morgan fingerprint density at radius 1 is 1.27 bits per heavy atom. The highest BCUT2D eigenvalue weighted by molar-refractivity contribution is 6.30. The molecule has 3 nitrogen and oxygen atoms in total. The Hall–Kier alpha value is -1.20. The number of aromatic nitrogens is 1. The first-order valence-corrected chi connectivity index (χ1v) is 7.41. The zero-order chi connectivity index (χ0) is 14.7. The van der Waals surface area contributed by atoms with Crippen molar-refractivity contribution in [3.63, 3.8) is 0 Å². The molecule has 118 valence electrons. The van der Waals surface area contributed by atoms with Gasteiger partial charge in [-0.25, -0.2) is 4.39 Å². The van der Waals surface area contributed by atoms with Crippen LogP contribution in [0.25, 0.3) is 0 Å². The second kappa shape index (κ2) is 7.88. The number of rotatable bonds is 3. The molecule has 3 rings (SSSR count). The highest BCUT2D eigenvalue weighted by Gasteiger charge is 2.24. The molecule has 0 spiro atoms. The zero-order valence-corrected chi connectivity index (χ0v) is 13.6. The molecule has 6 heteroatoms. The molecule has 22 heavy (non-hydrogen) atoms. The van der Waals surface area contributed by atoms with E-state index in [4.69, 9.17) is 11.6 Å². The van der Waals surface area contributed by atoms with Gasteiger partial charge < -0.3 is 5.32 Å². The highest BCUT2D eigenvalue weighted by Crippen LogP contribution is 2.26. The van der Waals surface area contributed by atoms with Crippen molar-refractivity contribution in [1.82, 2.24) is 15.2 Å². The fourth-order valence-corrected chi connectivity index (χ4v) is 2.93. The molecule has 1 fully saturated rings. The maximum Gasteiger partial charge on any atom is 0.146 e. The summed E-state index contributed by atoms with van der Waals surface area (Å²) in [5.74, 6) is -0.314. The van der Waals surface area contributed by atoms with E-state index >= 15 is 0 Å². The van der Waals surface area contributed by atoms with Crippen molar-refractivity contribution < 1.29 is 4.39 Å². The molecule has 0 amide bonds. The van der Waals surface area contributed by atoms with E-state index in [1.807, 2.05) is 12.1 Å². The van der Waals surface area contributed by atoms with E-state index in [-0.39, 0.29) is 29.3 Å². The SMILES string of the molecule is Cl.Fc1c(Cl)cccc1CN1CCNCC1c1ccncc1. The molecular formula is C16H18Cl2FN3. The number of hydrogen-bond donors (Lipinski definition) is 1. The summed E-state index contributed by atoms with van der Waals surface area (Å²) in [5, 5.41) is 3.58. The van der Waals surface area contributed by atoms with Crippen LogP contribution in [0.15, 0.2) is 42.7 Å². The summed E-state index contributed by atoms with van der Waals surface area (Å²) < 4.78 is 14.1. The van der Waals surface area contributed by atoms with Crippen LogP contribution in [0.5, 0.6) is 0 Å². The van der Waals surface area contributed by atoms with Gasteiger partial charge >= 0.3 is 0 Å². The Morgan fingerprint density at radius 3 is 2.82 bits per heavy atom. The van der Waals surface area contributed by atoms with Crippen molar-refractivity contribution in [3.8, 4) is 0 Å². The fourth-order valence-electron chi connectivity index (χ4n) is 2.74. The lowest BCUT2D eigenvalue weighted by Crippen LogP contribution is -2.45. The number of hydrogen-bond acceptors (Lipinski definition) is 3.